The highest BCUT2D eigenvalue weighted by Crippen LogP contribution is 2.73. The Bertz CT molecular complexity index is 683. The van der Waals surface area contributed by atoms with Crippen molar-refractivity contribution < 1.29 is 19.4 Å². The number of hydrogen-bond donors (Lipinski definition) is 1. The summed E-state index contributed by atoms with van der Waals surface area (Å²) in [6, 6.07) is 0. The molecular formula is C20H26O4. The Kier molecular flexibility index (Phi) is 2.61. The number of aliphatic hydroxyl groups excluding tert-OH is 1. The van der Waals surface area contributed by atoms with Crippen LogP contribution in [0.1, 0.15) is 52.4 Å². The molecule has 0 unspecified atom stereocenters. The summed E-state index contributed by atoms with van der Waals surface area (Å²) in [4.78, 5) is 25.9. The van der Waals surface area contributed by atoms with Gasteiger partial charge in [0.25, 0.3) is 0 Å². The maximum Gasteiger partial charge on any atom is 0.312 e. The first kappa shape index (κ1) is 15.1. The lowest BCUT2D eigenvalue weighted by Gasteiger charge is -2.62. The fourth-order valence-electron chi connectivity index (χ4n) is 7.85. The van der Waals surface area contributed by atoms with E-state index in [2.05, 4.69) is 13.5 Å². The Morgan fingerprint density at radius 2 is 2.00 bits per heavy atom. The number of carbonyl (C=O) groups excluding carboxylic acids is 2. The normalized spacial score (nSPS) is 58.3. The molecule has 0 radical (unpaired) electrons. The zero-order valence-electron chi connectivity index (χ0n) is 14.5. The summed E-state index contributed by atoms with van der Waals surface area (Å²) in [6.45, 7) is 8.39. The van der Waals surface area contributed by atoms with Crippen LogP contribution in [-0.2, 0) is 14.3 Å². The molecule has 4 heteroatoms. The number of aliphatic hydroxyl groups is 1. The lowest BCUT2D eigenvalue weighted by atomic mass is 9.40. The standard InChI is InChI=1S/C20H26O4/c1-10-8-20-9-11(10)7-12(21)14(20)18(2)5-4-6-19(3)15(18)13(16(20)22)24-17(19)23/h11,13-16,22H,1,4-9H2,2-3H3/t11-,13-,14+,15+,16+,18+,19-,20+/m1/s1. The van der Waals surface area contributed by atoms with E-state index in [0.29, 0.717) is 12.8 Å². The molecule has 0 aromatic rings. The van der Waals surface area contributed by atoms with E-state index in [0.717, 1.165) is 31.3 Å². The zero-order valence-corrected chi connectivity index (χ0v) is 14.5. The number of allylic oxidation sites excluding steroid dienone is 1. The number of rotatable bonds is 0. The summed E-state index contributed by atoms with van der Waals surface area (Å²) in [5.41, 5.74) is -0.159. The van der Waals surface area contributed by atoms with E-state index in [9.17, 15) is 14.7 Å². The van der Waals surface area contributed by atoms with E-state index in [1.807, 2.05) is 6.92 Å². The minimum Gasteiger partial charge on any atom is -0.459 e. The molecule has 4 nitrogen and oxygen atoms in total. The zero-order chi connectivity index (χ0) is 17.1. The van der Waals surface area contributed by atoms with Gasteiger partial charge in [-0.3, -0.25) is 9.59 Å². The van der Waals surface area contributed by atoms with Crippen LogP contribution < -0.4 is 0 Å². The smallest absolute Gasteiger partial charge is 0.312 e. The number of esters is 1. The lowest BCUT2D eigenvalue weighted by Crippen LogP contribution is -2.67. The van der Waals surface area contributed by atoms with Gasteiger partial charge < -0.3 is 9.84 Å². The molecule has 130 valence electrons. The molecule has 0 aromatic carbocycles. The van der Waals surface area contributed by atoms with Crippen LogP contribution in [0.4, 0.5) is 0 Å². The predicted octanol–water partition coefficient (Wildman–Crippen LogP) is 2.64. The molecule has 1 heterocycles. The maximum atomic E-state index is 13.2. The minimum atomic E-state index is -0.740. The summed E-state index contributed by atoms with van der Waals surface area (Å²) >= 11 is 0. The van der Waals surface area contributed by atoms with E-state index in [4.69, 9.17) is 4.74 Å². The first-order chi connectivity index (χ1) is 11.2. The van der Waals surface area contributed by atoms with Gasteiger partial charge in [-0.2, -0.15) is 0 Å². The van der Waals surface area contributed by atoms with Crippen molar-refractivity contribution in [2.75, 3.05) is 0 Å². The van der Waals surface area contributed by atoms with Crippen molar-refractivity contribution in [1.82, 2.24) is 0 Å². The highest BCUT2D eigenvalue weighted by Gasteiger charge is 2.76. The van der Waals surface area contributed by atoms with Crippen molar-refractivity contribution in [2.45, 2.75) is 64.6 Å². The largest absolute Gasteiger partial charge is 0.459 e. The molecular weight excluding hydrogens is 304 g/mol. The van der Waals surface area contributed by atoms with Crippen LogP contribution in [0.15, 0.2) is 12.2 Å². The second kappa shape index (κ2) is 4.14. The van der Waals surface area contributed by atoms with Gasteiger partial charge in [0.2, 0.25) is 0 Å². The van der Waals surface area contributed by atoms with E-state index >= 15 is 0 Å². The number of ketones is 1. The van der Waals surface area contributed by atoms with Gasteiger partial charge in [0.05, 0.1) is 11.5 Å². The Morgan fingerprint density at radius 1 is 1.25 bits per heavy atom. The Balaban J connectivity index is 1.73. The molecule has 4 saturated carbocycles. The monoisotopic (exact) mass is 330 g/mol. The fourth-order valence-corrected chi connectivity index (χ4v) is 7.85. The highest BCUT2D eigenvalue weighted by molar-refractivity contribution is 5.87. The van der Waals surface area contributed by atoms with Crippen LogP contribution in [0.25, 0.3) is 0 Å². The molecule has 1 N–H and O–H groups in total. The van der Waals surface area contributed by atoms with Gasteiger partial charge in [-0.1, -0.05) is 25.5 Å². The first-order valence-corrected chi connectivity index (χ1v) is 9.34. The third kappa shape index (κ3) is 1.39. The van der Waals surface area contributed by atoms with Gasteiger partial charge in [-0.15, -0.1) is 0 Å². The van der Waals surface area contributed by atoms with E-state index in [1.54, 1.807) is 0 Å². The molecule has 1 aliphatic heterocycles. The predicted molar refractivity (Wildman–Crippen MR) is 86.9 cm³/mol. The van der Waals surface area contributed by atoms with Crippen molar-refractivity contribution in [2.24, 2.45) is 34.0 Å². The Morgan fingerprint density at radius 3 is 2.75 bits per heavy atom. The van der Waals surface area contributed by atoms with Gasteiger partial charge in [-0.25, -0.2) is 0 Å². The molecule has 0 aromatic heterocycles. The van der Waals surface area contributed by atoms with Crippen molar-refractivity contribution in [1.29, 1.82) is 0 Å². The number of Topliss-reactive ketones (excluding diaryl/α,β-unsaturated/α-hetero) is 1. The molecule has 5 aliphatic rings. The van der Waals surface area contributed by atoms with Gasteiger partial charge in [-0.05, 0) is 43.9 Å². The number of carbonyl (C=O) groups is 2. The van der Waals surface area contributed by atoms with Crippen molar-refractivity contribution in [3.8, 4) is 0 Å². The SMILES string of the molecule is C=C1C[C@]23C[C@H]1CC(=O)[C@H]2[C@]1(C)CCC[C@@]2(C)C(=O)O[C@@H]([C@@H]3O)[C@@H]12. The third-order valence-electron chi connectivity index (χ3n) is 8.51. The van der Waals surface area contributed by atoms with Gasteiger partial charge >= 0.3 is 5.97 Å². The molecule has 4 aliphatic carbocycles. The van der Waals surface area contributed by atoms with Crippen LogP contribution in [0, 0.1) is 34.0 Å². The van der Waals surface area contributed by atoms with Crippen molar-refractivity contribution >= 4 is 11.8 Å². The Hall–Kier alpha value is -1.16. The molecule has 5 fully saturated rings. The second-order valence-corrected chi connectivity index (χ2v) is 9.64. The lowest BCUT2D eigenvalue weighted by molar-refractivity contribution is -0.215. The molecule has 2 bridgehead atoms. The van der Waals surface area contributed by atoms with E-state index in [1.165, 1.54) is 0 Å². The highest BCUT2D eigenvalue weighted by atomic mass is 16.6. The van der Waals surface area contributed by atoms with Crippen molar-refractivity contribution in [3.05, 3.63) is 12.2 Å². The molecule has 8 atom stereocenters. The summed E-state index contributed by atoms with van der Waals surface area (Å²) in [6.07, 6.45) is 3.61. The molecule has 0 amide bonds. The van der Waals surface area contributed by atoms with Crippen LogP contribution in [0.2, 0.25) is 0 Å². The average molecular weight is 330 g/mol. The van der Waals surface area contributed by atoms with E-state index < -0.39 is 23.0 Å². The number of hydrogen-bond acceptors (Lipinski definition) is 4. The van der Waals surface area contributed by atoms with Crippen LogP contribution >= 0.6 is 0 Å². The fraction of sp³-hybridized carbons (Fsp3) is 0.800. The number of fused-ring (bicyclic) bond motifs is 2. The van der Waals surface area contributed by atoms with Gasteiger partial charge in [0, 0.05) is 23.7 Å². The van der Waals surface area contributed by atoms with Crippen LogP contribution in [-0.4, -0.2) is 29.1 Å². The molecule has 5 rings (SSSR count). The number of ether oxygens (including phenoxy) is 1. The van der Waals surface area contributed by atoms with Crippen LogP contribution in [0.5, 0.6) is 0 Å². The third-order valence-corrected chi connectivity index (χ3v) is 8.51. The van der Waals surface area contributed by atoms with Gasteiger partial charge in [0.15, 0.2) is 0 Å². The Labute approximate surface area is 142 Å². The first-order valence-electron chi connectivity index (χ1n) is 9.34. The minimum absolute atomic E-state index is 0.0498. The summed E-state index contributed by atoms with van der Waals surface area (Å²) in [5.74, 6) is 0.111. The topological polar surface area (TPSA) is 63.6 Å². The average Bonchev–Trinajstić information content (AvgIpc) is 2.91. The summed E-state index contributed by atoms with van der Waals surface area (Å²) in [7, 11) is 0. The molecule has 1 spiro atoms. The molecule has 24 heavy (non-hydrogen) atoms. The summed E-state index contributed by atoms with van der Waals surface area (Å²) in [5, 5.41) is 11.3. The second-order valence-electron chi connectivity index (χ2n) is 9.64. The maximum absolute atomic E-state index is 13.2. The van der Waals surface area contributed by atoms with Crippen LogP contribution in [0.3, 0.4) is 0 Å². The van der Waals surface area contributed by atoms with Gasteiger partial charge in [0.1, 0.15) is 11.9 Å². The molecule has 1 saturated heterocycles. The van der Waals surface area contributed by atoms with Crippen molar-refractivity contribution in [3.63, 3.8) is 0 Å². The van der Waals surface area contributed by atoms with E-state index in [-0.39, 0.29) is 34.9 Å². The quantitative estimate of drug-likeness (QED) is 0.548. The summed E-state index contributed by atoms with van der Waals surface area (Å²) < 4.78 is 5.79.